The third kappa shape index (κ3) is 5.70. The van der Waals surface area contributed by atoms with Gasteiger partial charge < -0.3 is 20.7 Å². The molecule has 1 aliphatic rings. The Morgan fingerprint density at radius 3 is 2.61 bits per heavy atom. The van der Waals surface area contributed by atoms with E-state index in [1.54, 1.807) is 36.3 Å². The molecule has 0 bridgehead atoms. The van der Waals surface area contributed by atoms with Crippen molar-refractivity contribution < 1.29 is 14.3 Å². The van der Waals surface area contributed by atoms with Gasteiger partial charge in [0.2, 0.25) is 0 Å². The van der Waals surface area contributed by atoms with Gasteiger partial charge in [0, 0.05) is 51.1 Å². The number of nitrogens with one attached hydrogen (secondary N) is 3. The van der Waals surface area contributed by atoms with Crippen molar-refractivity contribution in [2.75, 3.05) is 51.3 Å². The van der Waals surface area contributed by atoms with E-state index in [4.69, 9.17) is 4.74 Å². The predicted octanol–water partition coefficient (Wildman–Crippen LogP) is 0.604. The van der Waals surface area contributed by atoms with Crippen LogP contribution in [-0.4, -0.2) is 58.4 Å². The zero-order valence-electron chi connectivity index (χ0n) is 13.1. The molecule has 2 rings (SSSR count). The Morgan fingerprint density at radius 2 is 2.00 bits per heavy atom. The van der Waals surface area contributed by atoms with Crippen molar-refractivity contribution in [1.29, 1.82) is 0 Å². The molecule has 1 aliphatic heterocycles. The number of nitrogens with zero attached hydrogens (tertiary/aromatic N) is 1. The van der Waals surface area contributed by atoms with Crippen LogP contribution in [0.15, 0.2) is 24.3 Å². The Morgan fingerprint density at radius 1 is 1.26 bits per heavy atom. The lowest BCUT2D eigenvalue weighted by Gasteiger charge is -2.14. The van der Waals surface area contributed by atoms with Crippen molar-refractivity contribution >= 4 is 30.0 Å². The van der Waals surface area contributed by atoms with Crippen LogP contribution in [0.1, 0.15) is 10.4 Å². The minimum absolute atomic E-state index is 0. The Hall–Kier alpha value is -1.83. The highest BCUT2D eigenvalue weighted by atomic mass is 35.5. The molecule has 3 amide bonds. The summed E-state index contributed by atoms with van der Waals surface area (Å²) in [7, 11) is 1.65. The van der Waals surface area contributed by atoms with Crippen LogP contribution in [0, 0.1) is 0 Å². The Kier molecular flexibility index (Phi) is 8.39. The number of anilines is 1. The lowest BCUT2D eigenvalue weighted by molar-refractivity contribution is 0.0953. The average molecular weight is 343 g/mol. The van der Waals surface area contributed by atoms with Gasteiger partial charge in [-0.15, -0.1) is 12.4 Å². The number of ether oxygens (including phenoxy) is 1. The van der Waals surface area contributed by atoms with E-state index in [0.29, 0.717) is 38.3 Å². The summed E-state index contributed by atoms with van der Waals surface area (Å²) in [6.45, 7) is 3.97. The number of carbonyl (C=O) groups excluding carboxylic acids is 2. The second-order valence-corrected chi connectivity index (χ2v) is 4.93. The number of rotatable bonds is 8. The molecule has 0 aliphatic carbocycles. The molecular weight excluding hydrogens is 320 g/mol. The van der Waals surface area contributed by atoms with Gasteiger partial charge in [0.15, 0.2) is 0 Å². The number of urea groups is 1. The largest absolute Gasteiger partial charge is 0.383 e. The van der Waals surface area contributed by atoms with Gasteiger partial charge in [0.1, 0.15) is 0 Å². The number of hydrogen-bond acceptors (Lipinski definition) is 4. The van der Waals surface area contributed by atoms with Crippen molar-refractivity contribution in [3.05, 3.63) is 29.8 Å². The summed E-state index contributed by atoms with van der Waals surface area (Å²) in [5, 5.41) is 8.74. The molecule has 1 aromatic rings. The molecule has 0 aromatic heterocycles. The monoisotopic (exact) mass is 342 g/mol. The van der Waals surface area contributed by atoms with E-state index in [0.717, 1.165) is 12.2 Å². The molecule has 1 fully saturated rings. The van der Waals surface area contributed by atoms with Crippen LogP contribution in [0.2, 0.25) is 0 Å². The van der Waals surface area contributed by atoms with Crippen LogP contribution in [0.25, 0.3) is 0 Å². The molecule has 8 heteroatoms. The highest BCUT2D eigenvalue weighted by Crippen LogP contribution is 2.17. The third-order valence-electron chi connectivity index (χ3n) is 3.37. The molecule has 1 aromatic carbocycles. The van der Waals surface area contributed by atoms with Gasteiger partial charge in [-0.2, -0.15) is 0 Å². The standard InChI is InChI=1S/C15H22N4O3.ClH/c1-22-11-9-16-6-7-17-14(20)12-2-4-13(5-3-12)19-10-8-18-15(19)21;/h2-5,16H,6-11H2,1H3,(H,17,20)(H,18,21);1H. The molecule has 7 nitrogen and oxygen atoms in total. The molecule has 0 spiro atoms. The van der Waals surface area contributed by atoms with Crippen molar-refractivity contribution in [3.63, 3.8) is 0 Å². The van der Waals surface area contributed by atoms with Crippen LogP contribution >= 0.6 is 12.4 Å². The van der Waals surface area contributed by atoms with Gasteiger partial charge >= 0.3 is 6.03 Å². The minimum Gasteiger partial charge on any atom is -0.383 e. The summed E-state index contributed by atoms with van der Waals surface area (Å²) < 4.78 is 4.92. The first-order valence-electron chi connectivity index (χ1n) is 7.35. The Bertz CT molecular complexity index is 510. The zero-order valence-corrected chi connectivity index (χ0v) is 13.9. The van der Waals surface area contributed by atoms with E-state index in [1.165, 1.54) is 0 Å². The zero-order chi connectivity index (χ0) is 15.8. The fourth-order valence-electron chi connectivity index (χ4n) is 2.18. The van der Waals surface area contributed by atoms with E-state index in [9.17, 15) is 9.59 Å². The first-order chi connectivity index (χ1) is 10.7. The third-order valence-corrected chi connectivity index (χ3v) is 3.37. The predicted molar refractivity (Wildman–Crippen MR) is 91.5 cm³/mol. The maximum atomic E-state index is 12.0. The summed E-state index contributed by atoms with van der Waals surface area (Å²) in [4.78, 5) is 25.2. The highest BCUT2D eigenvalue weighted by molar-refractivity contribution is 5.96. The topological polar surface area (TPSA) is 82.7 Å². The molecule has 0 unspecified atom stereocenters. The number of methoxy groups -OCH3 is 1. The first kappa shape index (κ1) is 19.2. The van der Waals surface area contributed by atoms with Crippen LogP contribution in [-0.2, 0) is 4.74 Å². The van der Waals surface area contributed by atoms with Crippen molar-refractivity contribution in [2.45, 2.75) is 0 Å². The molecule has 0 radical (unpaired) electrons. The fraction of sp³-hybridized carbons (Fsp3) is 0.467. The van der Waals surface area contributed by atoms with Crippen molar-refractivity contribution in [3.8, 4) is 0 Å². The lowest BCUT2D eigenvalue weighted by Crippen LogP contribution is -2.33. The van der Waals surface area contributed by atoms with E-state index < -0.39 is 0 Å². The van der Waals surface area contributed by atoms with Crippen molar-refractivity contribution in [1.82, 2.24) is 16.0 Å². The molecule has 3 N–H and O–H groups in total. The summed E-state index contributed by atoms with van der Waals surface area (Å²) in [5.74, 6) is -0.119. The SMILES string of the molecule is COCCNCCNC(=O)c1ccc(N2CCNC2=O)cc1.Cl. The summed E-state index contributed by atoms with van der Waals surface area (Å²) in [6, 6.07) is 6.94. The van der Waals surface area contributed by atoms with Crippen LogP contribution in [0.4, 0.5) is 10.5 Å². The molecule has 128 valence electrons. The fourth-order valence-corrected chi connectivity index (χ4v) is 2.18. The van der Waals surface area contributed by atoms with Gasteiger partial charge in [0.05, 0.1) is 6.61 Å². The Labute approximate surface area is 142 Å². The molecular formula is C15H23ClN4O3. The molecule has 1 saturated heterocycles. The summed E-state index contributed by atoms with van der Waals surface area (Å²) in [6.07, 6.45) is 0. The molecule has 0 atom stereocenters. The van der Waals surface area contributed by atoms with Crippen molar-refractivity contribution in [2.24, 2.45) is 0 Å². The number of benzene rings is 1. The summed E-state index contributed by atoms with van der Waals surface area (Å²) in [5.41, 5.74) is 1.38. The number of carbonyl (C=O) groups is 2. The molecule has 0 saturated carbocycles. The highest BCUT2D eigenvalue weighted by Gasteiger charge is 2.20. The summed E-state index contributed by atoms with van der Waals surface area (Å²) >= 11 is 0. The maximum absolute atomic E-state index is 12.0. The average Bonchev–Trinajstić information content (AvgIpc) is 2.97. The first-order valence-corrected chi connectivity index (χ1v) is 7.35. The second-order valence-electron chi connectivity index (χ2n) is 4.93. The van der Waals surface area contributed by atoms with Crippen LogP contribution < -0.4 is 20.9 Å². The normalized spacial score (nSPS) is 13.4. The van der Waals surface area contributed by atoms with E-state index in [2.05, 4.69) is 16.0 Å². The van der Waals surface area contributed by atoms with E-state index in [1.807, 2.05) is 0 Å². The number of hydrogen-bond donors (Lipinski definition) is 3. The number of halogens is 1. The van der Waals surface area contributed by atoms with Gasteiger partial charge in [-0.1, -0.05) is 0 Å². The number of amides is 3. The van der Waals surface area contributed by atoms with Crippen LogP contribution in [0.5, 0.6) is 0 Å². The molecule has 23 heavy (non-hydrogen) atoms. The van der Waals surface area contributed by atoms with Crippen LogP contribution in [0.3, 0.4) is 0 Å². The van der Waals surface area contributed by atoms with E-state index in [-0.39, 0.29) is 24.3 Å². The van der Waals surface area contributed by atoms with E-state index >= 15 is 0 Å². The quantitative estimate of drug-likeness (QED) is 0.604. The molecule has 1 heterocycles. The smallest absolute Gasteiger partial charge is 0.321 e. The van der Waals surface area contributed by atoms with Gasteiger partial charge in [-0.05, 0) is 24.3 Å². The lowest BCUT2D eigenvalue weighted by atomic mass is 10.2. The second kappa shape index (κ2) is 10.0. The van der Waals surface area contributed by atoms with Gasteiger partial charge in [-0.25, -0.2) is 4.79 Å². The Balaban J connectivity index is 0.00000264. The maximum Gasteiger partial charge on any atom is 0.321 e. The minimum atomic E-state index is -0.119. The van der Waals surface area contributed by atoms with Gasteiger partial charge in [0.25, 0.3) is 5.91 Å². The van der Waals surface area contributed by atoms with Gasteiger partial charge in [-0.3, -0.25) is 9.69 Å².